The number of anilines is 8. The van der Waals surface area contributed by atoms with E-state index in [9.17, 15) is 82.9 Å². The van der Waals surface area contributed by atoms with E-state index in [1.165, 1.54) is 109 Å². The van der Waals surface area contributed by atoms with Gasteiger partial charge in [0.2, 0.25) is 0 Å². The number of nitrogens with two attached hydrogens (primary N) is 8. The van der Waals surface area contributed by atoms with Gasteiger partial charge in [0.15, 0.2) is 0 Å². The number of para-hydroxylation sites is 1. The molecule has 0 atom stereocenters. The molecular weight excluding hydrogens is 1640 g/mol. The fourth-order valence-electron chi connectivity index (χ4n) is 6.76. The average Bonchev–Trinajstić information content (AvgIpc) is 0.832. The third-order valence-electron chi connectivity index (χ3n) is 11.8. The molecule has 0 bridgehead atoms. The van der Waals surface area contributed by atoms with Crippen LogP contribution in [0.2, 0.25) is 0 Å². The average molecular weight is 1700 g/mol. The molecule has 0 saturated carbocycles. The van der Waals surface area contributed by atoms with E-state index < -0.39 is 110 Å². The fourth-order valence-corrected chi connectivity index (χ4v) is 10.8. The number of carboxylic acids is 5. The molecule has 0 amide bonds. The summed E-state index contributed by atoms with van der Waals surface area (Å²) in [4.78, 5) is 50.5. The Morgan fingerprint density at radius 1 is 0.291 bits per heavy atom. The molecule has 0 saturated heterocycles. The van der Waals surface area contributed by atoms with Gasteiger partial charge in [0, 0.05) is 39.8 Å². The number of carbonyl (C=O) groups is 5. The summed E-state index contributed by atoms with van der Waals surface area (Å²) in [7, 11) is -29.5. The Morgan fingerprint density at radius 2 is 0.664 bits per heavy atom. The van der Waals surface area contributed by atoms with Crippen LogP contribution in [0.3, 0.4) is 0 Å². The van der Waals surface area contributed by atoms with Crippen molar-refractivity contribution in [2.75, 3.05) is 45.9 Å². The van der Waals surface area contributed by atoms with Crippen molar-refractivity contribution in [1.82, 2.24) is 0 Å². The fraction of sp³-hybridized carbons (Fsp3) is 0. The highest BCUT2D eigenvalue weighted by Gasteiger charge is 2.19. The lowest BCUT2D eigenvalue weighted by atomic mass is 10.1. The van der Waals surface area contributed by atoms with Gasteiger partial charge in [-0.2, -0.15) is 58.9 Å². The summed E-state index contributed by atoms with van der Waals surface area (Å²) in [6.07, 6.45) is 0. The van der Waals surface area contributed by atoms with E-state index in [2.05, 4.69) is 9.37 Å². The predicted octanol–water partition coefficient (Wildman–Crippen LogP) is 5.19. The molecule has 43 nitrogen and oxygen atoms in total. The zero-order valence-corrected chi connectivity index (χ0v) is 61.2. The highest BCUT2D eigenvalue weighted by molar-refractivity contribution is 7.94. The topological polar surface area (TPSA) is 834 Å². The number of hydrogen-bond acceptors (Lipinski definition) is 32. The van der Waals surface area contributed by atoms with Gasteiger partial charge in [-0.1, -0.05) is 23.2 Å². The van der Waals surface area contributed by atoms with Gasteiger partial charge in [-0.15, -0.1) is 4.33 Å². The molecule has 0 aliphatic carbocycles. The number of carboxylic acid groups (broad SMARTS) is 5. The third-order valence-corrected chi connectivity index (χ3v) is 18.6. The number of phenols is 1. The summed E-state index contributed by atoms with van der Waals surface area (Å²) >= 11 is 0.593. The number of hydrogen-bond donors (Lipinski definition) is 22. The largest absolute Gasteiger partial charge is 0.508 e. The third kappa shape index (κ3) is 35.7. The SMILES string of the molecule is Nc1cc(C(=O)O)cc(C(=O)O)c1.Nc1cc(S(=O)(=O)O)ccc1C(=O)O.Nc1cc(S(=O)(=O)O)ccc1SOOO.Nc1ccc(C(=O)O)cc1.Nc1ccc(S(=O)(=O)O)cc1.Nc1ccc(S(=O)(=O)O)cc1C(=O)O.Nc1cccc(S(=O)(=O)O)c1.Nc1ccccc1S(=O)(=O)O.O=S(=O)(O)c1ccc(O)cc1. The van der Waals surface area contributed by atoms with Crippen molar-refractivity contribution in [2.45, 2.75) is 39.2 Å². The highest BCUT2D eigenvalue weighted by atomic mass is 32.2. The number of aromatic hydroxyl groups is 1. The first-order chi connectivity index (χ1) is 50.3. The summed E-state index contributed by atoms with van der Waals surface area (Å²) < 4.78 is 212. The van der Waals surface area contributed by atoms with Crippen LogP contribution in [0, 0.1) is 0 Å². The Labute approximate surface area is 627 Å². The van der Waals surface area contributed by atoms with Crippen LogP contribution in [0.25, 0.3) is 0 Å². The first-order valence-corrected chi connectivity index (χ1v) is 38.6. The van der Waals surface area contributed by atoms with Gasteiger partial charge in [-0.3, -0.25) is 31.9 Å². The minimum Gasteiger partial charge on any atom is -0.508 e. The summed E-state index contributed by atoms with van der Waals surface area (Å²) in [6.45, 7) is 0. The molecule has 0 aliphatic rings. The lowest BCUT2D eigenvalue weighted by Gasteiger charge is -2.03. The molecule has 0 heterocycles. The van der Waals surface area contributed by atoms with Crippen LogP contribution in [-0.2, 0) is 80.2 Å². The van der Waals surface area contributed by atoms with Crippen molar-refractivity contribution in [3.8, 4) is 5.75 Å². The van der Waals surface area contributed by atoms with Crippen molar-refractivity contribution in [3.05, 3.63) is 222 Å². The lowest BCUT2D eigenvalue weighted by molar-refractivity contribution is -0.432. The highest BCUT2D eigenvalue weighted by Crippen LogP contribution is 2.28. The van der Waals surface area contributed by atoms with E-state index in [4.69, 9.17) is 114 Å². The van der Waals surface area contributed by atoms with E-state index >= 15 is 0 Å². The van der Waals surface area contributed by atoms with E-state index in [0.717, 1.165) is 66.7 Å². The second-order valence-electron chi connectivity index (χ2n) is 19.9. The maximum Gasteiger partial charge on any atom is 0.337 e. The van der Waals surface area contributed by atoms with Crippen LogP contribution < -0.4 is 45.9 Å². The Kier molecular flexibility index (Phi) is 36.7. The van der Waals surface area contributed by atoms with Gasteiger partial charge in [-0.05, 0) is 176 Å². The van der Waals surface area contributed by atoms with E-state index in [1.807, 2.05) is 0 Å². The molecule has 0 unspecified atom stereocenters. The number of rotatable bonds is 15. The molecular formula is C59H62N8O35S8. The monoisotopic (exact) mass is 1700 g/mol. The smallest absolute Gasteiger partial charge is 0.337 e. The maximum atomic E-state index is 10.7. The van der Waals surface area contributed by atoms with Crippen LogP contribution >= 0.6 is 12.0 Å². The number of nitrogen functional groups attached to an aromatic ring is 8. The van der Waals surface area contributed by atoms with Gasteiger partial charge in [0.1, 0.15) is 10.6 Å². The summed E-state index contributed by atoms with van der Waals surface area (Å²) in [5.41, 5.74) is 43.2. The molecule has 0 aliphatic heterocycles. The van der Waals surface area contributed by atoms with E-state index in [0.29, 0.717) is 34.0 Å². The minimum atomic E-state index is -4.39. The van der Waals surface area contributed by atoms with E-state index in [-0.39, 0.29) is 86.5 Å². The molecule has 9 rings (SSSR count). The quantitative estimate of drug-likeness (QED) is 0.0206. The molecule has 0 spiro atoms. The van der Waals surface area contributed by atoms with Crippen molar-refractivity contribution < 1.29 is 160 Å². The van der Waals surface area contributed by atoms with Crippen LogP contribution in [0.4, 0.5) is 45.5 Å². The molecule has 110 heavy (non-hydrogen) atoms. The van der Waals surface area contributed by atoms with Crippen molar-refractivity contribution in [3.63, 3.8) is 0 Å². The zero-order chi connectivity index (χ0) is 84.8. The van der Waals surface area contributed by atoms with Gasteiger partial charge in [-0.25, -0.2) is 29.2 Å². The Morgan fingerprint density at radius 3 is 1.02 bits per heavy atom. The Balaban J connectivity index is 0.000000620. The van der Waals surface area contributed by atoms with Crippen molar-refractivity contribution in [2.24, 2.45) is 0 Å². The normalized spacial score (nSPS) is 10.9. The van der Waals surface area contributed by atoms with Crippen LogP contribution in [-0.4, -0.2) is 157 Å². The molecule has 30 N–H and O–H groups in total. The second-order valence-corrected chi connectivity index (χ2v) is 30.6. The Bertz CT molecular complexity index is 5490. The number of benzene rings is 9. The lowest BCUT2D eigenvalue weighted by Crippen LogP contribution is -2.05. The number of aromatic carboxylic acids is 5. The zero-order valence-electron chi connectivity index (χ0n) is 54.7. The standard InChI is InChI=1S/C8H7NO4.2C7H7NO5S.C7H7NO2.C6H7NO6S2.3C6H7NO3S.C6H6O4S/c9-6-2-4(7(10)11)1-5(3-6)8(12)13;8-6-2-1-4(14(11,12)13)3-5(6)7(9)10;8-6-3-4(14(11,12)13)1-2-5(6)7(9)10;8-6-3-1-5(2-4-6)7(9)10;7-5-3-4(15(9,10)11)1-2-6(5)14-13-12-8;7-5-1-3-6(4-2-5)11(8,9)10;7-5-2-1-3-6(4-5)11(8,9)10;7-5-3-1-2-4-6(5)11(8,9)10;7-5-1-3-6(4-2-5)11(8,9)10/h1-3H,9H2,(H,10,11)(H,12,13);2*1-3H,8H2,(H,9,10)(H,11,12,13);1-4H,8H2,(H,9,10);1-3,8H,7H2,(H,9,10,11);3*1-4H,7H2,(H,8,9,10);1-4,7H,(H,8,9,10). The van der Waals surface area contributed by atoms with Gasteiger partial charge in [0.25, 0.3) is 70.8 Å². The molecule has 0 radical (unpaired) electrons. The Hall–Kier alpha value is -11.9. The van der Waals surface area contributed by atoms with Crippen LogP contribution in [0.1, 0.15) is 51.8 Å². The molecule has 9 aromatic carbocycles. The summed E-state index contributed by atoms with van der Waals surface area (Å²) in [6, 6.07) is 39.9. The molecule has 596 valence electrons. The summed E-state index contributed by atoms with van der Waals surface area (Å²) in [5, 5.41) is 62.7. The first-order valence-electron chi connectivity index (χ1n) is 27.7. The maximum absolute atomic E-state index is 10.7. The minimum absolute atomic E-state index is 0.0441. The van der Waals surface area contributed by atoms with E-state index in [1.54, 1.807) is 18.2 Å². The molecule has 0 aromatic heterocycles. The summed E-state index contributed by atoms with van der Waals surface area (Å²) in [5.74, 6) is -5.99. The van der Waals surface area contributed by atoms with Gasteiger partial charge in [0.05, 0.1) is 79.8 Å². The van der Waals surface area contributed by atoms with Crippen LogP contribution in [0.15, 0.2) is 233 Å². The molecule has 51 heteroatoms. The van der Waals surface area contributed by atoms with Crippen LogP contribution in [0.5, 0.6) is 5.75 Å². The van der Waals surface area contributed by atoms with Crippen molar-refractivity contribution >= 4 is 158 Å². The first kappa shape index (κ1) is 96.1. The van der Waals surface area contributed by atoms with Crippen molar-refractivity contribution in [1.29, 1.82) is 0 Å². The second kappa shape index (κ2) is 42.0. The van der Waals surface area contributed by atoms with Gasteiger partial charge >= 0.3 is 29.8 Å². The number of phenolic OH excluding ortho intramolecular Hbond substituents is 1. The molecule has 0 fully saturated rings. The molecule has 9 aromatic rings. The van der Waals surface area contributed by atoms with Gasteiger partial charge < -0.3 is 76.5 Å². The predicted molar refractivity (Wildman–Crippen MR) is 389 cm³/mol.